The number of ether oxygens (including phenoxy) is 2. The third-order valence-corrected chi connectivity index (χ3v) is 5.50. The number of aliphatic hydroxyl groups is 1. The Labute approximate surface area is 167 Å². The number of aliphatic hydroxyl groups excluding tert-OH is 1. The van der Waals surface area contributed by atoms with Crippen molar-refractivity contribution in [3.63, 3.8) is 0 Å². The van der Waals surface area contributed by atoms with Crippen LogP contribution in [-0.4, -0.2) is 35.7 Å². The highest BCUT2D eigenvalue weighted by molar-refractivity contribution is 7.19. The van der Waals surface area contributed by atoms with Gasteiger partial charge in [-0.15, -0.1) is 11.3 Å². The molecule has 2 aromatic carbocycles. The van der Waals surface area contributed by atoms with Crippen molar-refractivity contribution in [2.24, 2.45) is 0 Å². The molecule has 28 heavy (non-hydrogen) atoms. The fourth-order valence-electron chi connectivity index (χ4n) is 3.21. The van der Waals surface area contributed by atoms with E-state index >= 15 is 0 Å². The SMILES string of the molecule is CCOc1ccc(N2CC(O)=C(c3nc4ccccc4s3)C2=N)cc1OCC. The molecule has 0 unspecified atom stereocenters. The van der Waals surface area contributed by atoms with Crippen molar-refractivity contribution in [2.45, 2.75) is 13.8 Å². The summed E-state index contributed by atoms with van der Waals surface area (Å²) in [5.74, 6) is 1.67. The van der Waals surface area contributed by atoms with Crippen molar-refractivity contribution < 1.29 is 14.6 Å². The lowest BCUT2D eigenvalue weighted by atomic mass is 10.2. The summed E-state index contributed by atoms with van der Waals surface area (Å²) in [4.78, 5) is 6.34. The Kier molecular flexibility index (Phi) is 4.92. The van der Waals surface area contributed by atoms with Crippen LogP contribution >= 0.6 is 11.3 Å². The van der Waals surface area contributed by atoms with Gasteiger partial charge in [0.2, 0.25) is 0 Å². The van der Waals surface area contributed by atoms with Crippen molar-refractivity contribution in [2.75, 3.05) is 24.7 Å². The first-order chi connectivity index (χ1) is 13.6. The molecule has 0 spiro atoms. The molecule has 1 aliphatic rings. The van der Waals surface area contributed by atoms with Crippen molar-refractivity contribution in [3.8, 4) is 11.5 Å². The van der Waals surface area contributed by atoms with E-state index < -0.39 is 0 Å². The third-order valence-electron chi connectivity index (χ3n) is 4.45. The highest BCUT2D eigenvalue weighted by Gasteiger charge is 2.31. The number of nitrogens with one attached hydrogen (secondary N) is 1. The van der Waals surface area contributed by atoms with Gasteiger partial charge in [0.1, 0.15) is 16.6 Å². The largest absolute Gasteiger partial charge is 0.510 e. The van der Waals surface area contributed by atoms with E-state index in [0.29, 0.717) is 35.3 Å². The number of nitrogens with zero attached hydrogens (tertiary/aromatic N) is 2. The zero-order chi connectivity index (χ0) is 19.7. The van der Waals surface area contributed by atoms with Crippen LogP contribution in [0.5, 0.6) is 11.5 Å². The molecule has 144 valence electrons. The van der Waals surface area contributed by atoms with Crippen molar-refractivity contribution in [1.82, 2.24) is 4.98 Å². The lowest BCUT2D eigenvalue weighted by molar-refractivity contribution is 0.288. The Hall–Kier alpha value is -3.06. The second-order valence-electron chi connectivity index (χ2n) is 6.24. The molecule has 3 aromatic rings. The van der Waals surface area contributed by atoms with Crippen LogP contribution in [0.15, 0.2) is 48.2 Å². The van der Waals surface area contributed by atoms with E-state index in [1.807, 2.05) is 56.3 Å². The molecule has 0 saturated carbocycles. The molecule has 6 nitrogen and oxygen atoms in total. The average Bonchev–Trinajstić information content (AvgIpc) is 3.23. The minimum atomic E-state index is 0.149. The number of fused-ring (bicyclic) bond motifs is 1. The van der Waals surface area contributed by atoms with E-state index in [4.69, 9.17) is 14.9 Å². The molecular formula is C21H21N3O3S. The smallest absolute Gasteiger partial charge is 0.163 e. The second-order valence-corrected chi connectivity index (χ2v) is 7.27. The molecule has 0 atom stereocenters. The minimum absolute atomic E-state index is 0.149. The maximum atomic E-state index is 10.6. The Morgan fingerprint density at radius 2 is 1.86 bits per heavy atom. The zero-order valence-corrected chi connectivity index (χ0v) is 16.5. The fraction of sp³-hybridized carbons (Fsp3) is 0.238. The van der Waals surface area contributed by atoms with Crippen molar-refractivity contribution in [1.29, 1.82) is 5.41 Å². The fourth-order valence-corrected chi connectivity index (χ4v) is 4.25. The Balaban J connectivity index is 1.66. The quantitative estimate of drug-likeness (QED) is 0.623. The van der Waals surface area contributed by atoms with Crippen LogP contribution < -0.4 is 14.4 Å². The number of amidine groups is 1. The van der Waals surface area contributed by atoms with Gasteiger partial charge in [-0.05, 0) is 38.1 Å². The van der Waals surface area contributed by atoms with E-state index in [2.05, 4.69) is 4.98 Å². The second kappa shape index (κ2) is 7.52. The summed E-state index contributed by atoms with van der Waals surface area (Å²) >= 11 is 1.48. The van der Waals surface area contributed by atoms with E-state index in [1.165, 1.54) is 11.3 Å². The van der Waals surface area contributed by atoms with Crippen LogP contribution in [0.25, 0.3) is 15.8 Å². The van der Waals surface area contributed by atoms with Crippen LogP contribution in [0.4, 0.5) is 5.69 Å². The molecule has 0 bridgehead atoms. The lowest BCUT2D eigenvalue weighted by Gasteiger charge is -2.20. The number of rotatable bonds is 6. The van der Waals surface area contributed by atoms with Crippen LogP contribution in [0.3, 0.4) is 0 Å². The molecule has 1 aliphatic heterocycles. The number of thiazole rings is 1. The molecule has 0 aliphatic carbocycles. The van der Waals surface area contributed by atoms with Crippen LogP contribution in [0.1, 0.15) is 18.9 Å². The number of anilines is 1. The average molecular weight is 395 g/mol. The summed E-state index contributed by atoms with van der Waals surface area (Å²) in [5.41, 5.74) is 2.11. The van der Waals surface area contributed by atoms with E-state index in [9.17, 15) is 5.11 Å². The number of hydrogen-bond donors (Lipinski definition) is 2. The number of benzene rings is 2. The van der Waals surface area contributed by atoms with Gasteiger partial charge in [0.15, 0.2) is 11.5 Å². The summed E-state index contributed by atoms with van der Waals surface area (Å²) in [6, 6.07) is 13.4. The lowest BCUT2D eigenvalue weighted by Crippen LogP contribution is -2.26. The van der Waals surface area contributed by atoms with E-state index in [0.717, 1.165) is 15.9 Å². The first-order valence-corrected chi connectivity index (χ1v) is 9.98. The van der Waals surface area contributed by atoms with Crippen molar-refractivity contribution >= 4 is 38.6 Å². The predicted molar refractivity (Wildman–Crippen MR) is 113 cm³/mol. The zero-order valence-electron chi connectivity index (χ0n) is 15.7. The van der Waals surface area contributed by atoms with Gasteiger partial charge in [-0.2, -0.15) is 0 Å². The normalized spacial score (nSPS) is 14.2. The Morgan fingerprint density at radius 3 is 2.61 bits per heavy atom. The van der Waals surface area contributed by atoms with Crippen LogP contribution in [-0.2, 0) is 0 Å². The van der Waals surface area contributed by atoms with E-state index in [-0.39, 0.29) is 18.1 Å². The molecular weight excluding hydrogens is 374 g/mol. The molecule has 0 saturated heterocycles. The van der Waals surface area contributed by atoms with Crippen LogP contribution in [0.2, 0.25) is 0 Å². The van der Waals surface area contributed by atoms with Gasteiger partial charge in [0.25, 0.3) is 0 Å². The maximum Gasteiger partial charge on any atom is 0.163 e. The minimum Gasteiger partial charge on any atom is -0.510 e. The molecule has 0 fully saturated rings. The molecule has 2 heterocycles. The molecule has 2 N–H and O–H groups in total. The van der Waals surface area contributed by atoms with Gasteiger partial charge in [-0.3, -0.25) is 5.41 Å². The molecule has 4 rings (SSSR count). The third kappa shape index (κ3) is 3.18. The summed E-state index contributed by atoms with van der Waals surface area (Å²) in [6.45, 7) is 5.12. The summed E-state index contributed by atoms with van der Waals surface area (Å²) in [6.07, 6.45) is 0. The van der Waals surface area contributed by atoms with Gasteiger partial charge in [-0.1, -0.05) is 12.1 Å². The highest BCUT2D eigenvalue weighted by atomic mass is 32.1. The molecule has 0 amide bonds. The Bertz CT molecular complexity index is 1040. The monoisotopic (exact) mass is 395 g/mol. The first kappa shape index (κ1) is 18.3. The number of aromatic nitrogens is 1. The van der Waals surface area contributed by atoms with Gasteiger partial charge in [-0.25, -0.2) is 4.98 Å². The van der Waals surface area contributed by atoms with Crippen molar-refractivity contribution in [3.05, 3.63) is 53.2 Å². The number of hydrogen-bond acceptors (Lipinski definition) is 6. The molecule has 1 aromatic heterocycles. The van der Waals surface area contributed by atoms with E-state index in [1.54, 1.807) is 4.90 Å². The van der Waals surface area contributed by atoms with Gasteiger partial charge < -0.3 is 19.5 Å². The predicted octanol–water partition coefficient (Wildman–Crippen LogP) is 4.86. The van der Waals surface area contributed by atoms with Gasteiger partial charge in [0, 0.05) is 11.8 Å². The number of para-hydroxylation sites is 1. The standard InChI is InChI=1S/C21H21N3O3S/c1-3-26-16-10-9-13(11-17(16)27-4-2)24-12-15(25)19(20(24)22)21-23-14-7-5-6-8-18(14)28-21/h5-11,22,25H,3-4,12H2,1-2H3. The van der Waals surface area contributed by atoms with Gasteiger partial charge in [0.05, 0.1) is 35.5 Å². The van der Waals surface area contributed by atoms with Gasteiger partial charge >= 0.3 is 0 Å². The topological polar surface area (TPSA) is 78.7 Å². The van der Waals surface area contributed by atoms with Crippen LogP contribution in [0, 0.1) is 5.41 Å². The molecule has 7 heteroatoms. The Morgan fingerprint density at radius 1 is 1.11 bits per heavy atom. The first-order valence-electron chi connectivity index (χ1n) is 9.16. The summed E-state index contributed by atoms with van der Waals surface area (Å²) in [5, 5.41) is 19.9. The molecule has 0 radical (unpaired) electrons. The maximum absolute atomic E-state index is 10.6. The summed E-state index contributed by atoms with van der Waals surface area (Å²) < 4.78 is 12.3. The summed E-state index contributed by atoms with van der Waals surface area (Å²) in [7, 11) is 0. The highest BCUT2D eigenvalue weighted by Crippen LogP contribution is 2.38.